The summed E-state index contributed by atoms with van der Waals surface area (Å²) in [6, 6.07) is 8.34. The molecular formula is C31H40O9. The van der Waals surface area contributed by atoms with Gasteiger partial charge in [-0.15, -0.1) is 0 Å². The summed E-state index contributed by atoms with van der Waals surface area (Å²) < 4.78 is 18.0. The third kappa shape index (κ3) is 4.78. The number of rotatable bonds is 5. The molecule has 0 unspecified atom stereocenters. The van der Waals surface area contributed by atoms with E-state index in [0.717, 1.165) is 0 Å². The molecule has 40 heavy (non-hydrogen) atoms. The van der Waals surface area contributed by atoms with Crippen LogP contribution in [0.25, 0.3) is 0 Å². The molecule has 3 aliphatic carbocycles. The van der Waals surface area contributed by atoms with E-state index >= 15 is 0 Å². The van der Waals surface area contributed by atoms with Crippen LogP contribution in [0.1, 0.15) is 71.2 Å². The standard InChI is InChI=1S/C31H40O9/c1-16-21-14-31(29(5,6)37)15-23(35)17(2)25(31)26(40-28(36)20-11-9-8-10-12-20)27(39-19(4)33)30(21,7)24(13-22(16)34)38-18(3)32/h8-12,21-24,26-27,34-35,37H,1,13-15H2,2-7H3/t21-,22+,23+,24+,26-,27+,30+,31+/m1/s1. The van der Waals surface area contributed by atoms with Crippen molar-refractivity contribution in [1.29, 1.82) is 0 Å². The Hall–Kier alpha value is -3.01. The lowest BCUT2D eigenvalue weighted by atomic mass is 9.56. The molecule has 0 bridgehead atoms. The van der Waals surface area contributed by atoms with Gasteiger partial charge >= 0.3 is 17.9 Å². The van der Waals surface area contributed by atoms with Gasteiger partial charge in [0.25, 0.3) is 0 Å². The van der Waals surface area contributed by atoms with Crippen LogP contribution in [0, 0.1) is 16.7 Å². The molecule has 0 aliphatic heterocycles. The van der Waals surface area contributed by atoms with Crippen LogP contribution < -0.4 is 0 Å². The lowest BCUT2D eigenvalue weighted by molar-refractivity contribution is -0.195. The normalized spacial score (nSPS) is 35.8. The maximum Gasteiger partial charge on any atom is 0.338 e. The van der Waals surface area contributed by atoms with Gasteiger partial charge in [-0.25, -0.2) is 4.79 Å². The van der Waals surface area contributed by atoms with Crippen LogP contribution in [-0.4, -0.2) is 69.3 Å². The number of ether oxygens (including phenoxy) is 3. The molecule has 9 heteroatoms. The van der Waals surface area contributed by atoms with Crippen molar-refractivity contribution >= 4 is 17.9 Å². The molecule has 0 saturated heterocycles. The maximum atomic E-state index is 13.6. The van der Waals surface area contributed by atoms with Crippen LogP contribution in [0.2, 0.25) is 0 Å². The molecule has 0 heterocycles. The number of carbonyl (C=O) groups is 3. The number of hydrogen-bond acceptors (Lipinski definition) is 9. The molecule has 0 aromatic heterocycles. The zero-order valence-corrected chi connectivity index (χ0v) is 24.0. The van der Waals surface area contributed by atoms with Gasteiger partial charge in [0.15, 0.2) is 12.2 Å². The van der Waals surface area contributed by atoms with E-state index in [1.54, 1.807) is 58.0 Å². The zero-order valence-electron chi connectivity index (χ0n) is 24.0. The van der Waals surface area contributed by atoms with Crippen LogP contribution >= 0.6 is 0 Å². The van der Waals surface area contributed by atoms with Gasteiger partial charge in [0.2, 0.25) is 0 Å². The first-order valence-corrected chi connectivity index (χ1v) is 13.6. The predicted molar refractivity (Wildman–Crippen MR) is 145 cm³/mol. The van der Waals surface area contributed by atoms with E-state index in [9.17, 15) is 29.7 Å². The lowest BCUT2D eigenvalue weighted by Gasteiger charge is -2.53. The second-order valence-electron chi connectivity index (χ2n) is 12.2. The fourth-order valence-corrected chi connectivity index (χ4v) is 7.31. The van der Waals surface area contributed by atoms with E-state index in [0.29, 0.717) is 16.7 Å². The fourth-order valence-electron chi connectivity index (χ4n) is 7.31. The third-order valence-corrected chi connectivity index (χ3v) is 9.48. The van der Waals surface area contributed by atoms with Gasteiger partial charge in [-0.05, 0) is 68.4 Å². The summed E-state index contributed by atoms with van der Waals surface area (Å²) in [5.74, 6) is -2.59. The molecular weight excluding hydrogens is 516 g/mol. The number of fused-ring (bicyclic) bond motifs is 2. The Morgan fingerprint density at radius 2 is 1.57 bits per heavy atom. The molecule has 4 rings (SSSR count). The Bertz CT molecular complexity index is 1230. The molecule has 3 N–H and O–H groups in total. The molecule has 0 amide bonds. The number of hydrogen-bond donors (Lipinski definition) is 3. The first-order valence-electron chi connectivity index (χ1n) is 13.6. The summed E-state index contributed by atoms with van der Waals surface area (Å²) in [6.07, 6.45) is -5.14. The van der Waals surface area contributed by atoms with Gasteiger partial charge in [-0.1, -0.05) is 31.7 Å². The highest BCUT2D eigenvalue weighted by molar-refractivity contribution is 5.89. The smallest absolute Gasteiger partial charge is 0.338 e. The average molecular weight is 557 g/mol. The largest absolute Gasteiger partial charge is 0.462 e. The van der Waals surface area contributed by atoms with Crippen molar-refractivity contribution in [3.63, 3.8) is 0 Å². The Labute approximate surface area is 234 Å². The molecule has 0 radical (unpaired) electrons. The zero-order chi connectivity index (χ0) is 29.8. The molecule has 3 aliphatic rings. The molecule has 8 atom stereocenters. The summed E-state index contributed by atoms with van der Waals surface area (Å²) in [5, 5.41) is 34.0. The second kappa shape index (κ2) is 10.4. The van der Waals surface area contributed by atoms with E-state index in [2.05, 4.69) is 6.58 Å². The predicted octanol–water partition coefficient (Wildman–Crippen LogP) is 3.26. The SMILES string of the molecule is C=C1[C@H]2C[C@]3(C(C)(C)O)C[C@H](O)C(C)=C3[C@@H](OC(=O)c3ccccc3)[C@H](OC(C)=O)[C@]2(C)[C@@H](OC(C)=O)C[C@@H]1O. The van der Waals surface area contributed by atoms with E-state index < -0.39 is 70.8 Å². The van der Waals surface area contributed by atoms with Crippen LogP contribution in [0.5, 0.6) is 0 Å². The Morgan fingerprint density at radius 3 is 2.12 bits per heavy atom. The lowest BCUT2D eigenvalue weighted by Crippen LogP contribution is -2.60. The third-order valence-electron chi connectivity index (χ3n) is 9.48. The van der Waals surface area contributed by atoms with E-state index in [-0.39, 0.29) is 24.8 Å². The first-order chi connectivity index (χ1) is 18.5. The average Bonchev–Trinajstić information content (AvgIpc) is 3.07. The summed E-state index contributed by atoms with van der Waals surface area (Å²) in [7, 11) is 0. The van der Waals surface area contributed by atoms with Gasteiger partial charge in [0, 0.05) is 25.7 Å². The molecule has 2 fully saturated rings. The van der Waals surface area contributed by atoms with Crippen molar-refractivity contribution < 1.29 is 43.9 Å². The highest BCUT2D eigenvalue weighted by atomic mass is 16.6. The van der Waals surface area contributed by atoms with Crippen molar-refractivity contribution in [3.8, 4) is 0 Å². The highest BCUT2D eigenvalue weighted by Crippen LogP contribution is 2.65. The minimum Gasteiger partial charge on any atom is -0.462 e. The number of carbonyl (C=O) groups excluding carboxylic acids is 3. The Kier molecular flexibility index (Phi) is 7.81. The van der Waals surface area contributed by atoms with Gasteiger partial charge in [-0.2, -0.15) is 0 Å². The number of benzene rings is 1. The summed E-state index contributed by atoms with van der Waals surface area (Å²) in [4.78, 5) is 38.5. The topological polar surface area (TPSA) is 140 Å². The summed E-state index contributed by atoms with van der Waals surface area (Å²) in [6.45, 7) is 13.4. The van der Waals surface area contributed by atoms with Crippen molar-refractivity contribution in [3.05, 3.63) is 59.2 Å². The molecule has 218 valence electrons. The van der Waals surface area contributed by atoms with E-state index in [1.165, 1.54) is 13.8 Å². The second-order valence-corrected chi connectivity index (χ2v) is 12.2. The number of esters is 3. The van der Waals surface area contributed by atoms with E-state index in [1.807, 2.05) is 0 Å². The molecule has 1 aromatic rings. The number of aliphatic hydroxyl groups excluding tert-OH is 2. The van der Waals surface area contributed by atoms with Crippen molar-refractivity contribution in [2.24, 2.45) is 16.7 Å². The van der Waals surface area contributed by atoms with Crippen LogP contribution in [0.4, 0.5) is 0 Å². The fraction of sp³-hybridized carbons (Fsp3) is 0.581. The summed E-state index contributed by atoms with van der Waals surface area (Å²) in [5.41, 5.74) is -2.19. The first kappa shape index (κ1) is 30.0. The summed E-state index contributed by atoms with van der Waals surface area (Å²) >= 11 is 0. The minimum absolute atomic E-state index is 0.00129. The van der Waals surface area contributed by atoms with Gasteiger partial charge in [0.05, 0.1) is 28.8 Å². The van der Waals surface area contributed by atoms with Gasteiger partial charge < -0.3 is 29.5 Å². The van der Waals surface area contributed by atoms with Crippen LogP contribution in [-0.2, 0) is 23.8 Å². The Morgan fingerprint density at radius 1 is 0.975 bits per heavy atom. The molecule has 2 saturated carbocycles. The molecule has 0 spiro atoms. The number of aliphatic hydroxyl groups is 3. The van der Waals surface area contributed by atoms with Crippen molar-refractivity contribution in [1.82, 2.24) is 0 Å². The van der Waals surface area contributed by atoms with Gasteiger partial charge in [-0.3, -0.25) is 9.59 Å². The molecule has 9 nitrogen and oxygen atoms in total. The monoisotopic (exact) mass is 556 g/mol. The van der Waals surface area contributed by atoms with Crippen LogP contribution in [0.3, 0.4) is 0 Å². The van der Waals surface area contributed by atoms with Gasteiger partial charge in [0.1, 0.15) is 6.10 Å². The highest BCUT2D eigenvalue weighted by Gasteiger charge is 2.68. The van der Waals surface area contributed by atoms with Crippen LogP contribution in [0.15, 0.2) is 53.6 Å². The Balaban J connectivity index is 2.04. The van der Waals surface area contributed by atoms with E-state index in [4.69, 9.17) is 14.2 Å². The quantitative estimate of drug-likeness (QED) is 0.283. The maximum absolute atomic E-state index is 13.6. The van der Waals surface area contributed by atoms with Crippen molar-refractivity contribution in [2.75, 3.05) is 0 Å². The van der Waals surface area contributed by atoms with Crippen molar-refractivity contribution in [2.45, 2.75) is 96.9 Å². The molecule has 1 aromatic carbocycles. The minimum atomic E-state index is -1.45.